The summed E-state index contributed by atoms with van der Waals surface area (Å²) in [7, 11) is 1.40. The fourth-order valence-electron chi connectivity index (χ4n) is 1.93. The van der Waals surface area contributed by atoms with Gasteiger partial charge in [0.1, 0.15) is 0 Å². The average Bonchev–Trinajstić information content (AvgIpc) is 3.16. The van der Waals surface area contributed by atoms with Gasteiger partial charge in [-0.3, -0.25) is 4.79 Å². The molecule has 1 N–H and O–H groups in total. The van der Waals surface area contributed by atoms with Crippen molar-refractivity contribution < 1.29 is 9.53 Å². The van der Waals surface area contributed by atoms with Crippen molar-refractivity contribution in [1.82, 2.24) is 4.98 Å². The molecule has 5 heteroatoms. The van der Waals surface area contributed by atoms with Gasteiger partial charge in [0, 0.05) is 0 Å². The van der Waals surface area contributed by atoms with Gasteiger partial charge in [0.05, 0.1) is 40.6 Å². The highest BCUT2D eigenvalue weighted by atomic mass is 32.1. The Kier molecular flexibility index (Phi) is 3.83. The molecule has 0 unspecified atom stereocenters. The van der Waals surface area contributed by atoms with Gasteiger partial charge in [-0.05, 0) is 29.8 Å². The molecule has 0 amide bonds. The molecule has 4 rings (SSSR count). The Balaban J connectivity index is 0.000000156. The number of hydrogen-bond acceptors (Lipinski definition) is 5. The number of nitrogens with one attached hydrogen (secondary N) is 1. The van der Waals surface area contributed by atoms with Crippen LogP contribution in [0.25, 0.3) is 10.2 Å². The summed E-state index contributed by atoms with van der Waals surface area (Å²) in [6.07, 6.45) is 0.324. The number of carbonyl (C=O) groups excluding carboxylic acids is 1. The number of nitrogens with zero attached hydrogens (tertiary/aromatic N) is 1. The summed E-state index contributed by atoms with van der Waals surface area (Å²) in [5, 5.41) is 3.09. The predicted octanol–water partition coefficient (Wildman–Crippen LogP) is 3.76. The second-order valence-corrected chi connectivity index (χ2v) is 5.46. The van der Waals surface area contributed by atoms with Crippen LogP contribution in [0.3, 0.4) is 0 Å². The Labute approximate surface area is 126 Å². The molecule has 1 aliphatic rings. The highest BCUT2D eigenvalue weighted by Gasteiger charge is 2.10. The Morgan fingerprint density at radius 3 is 2.67 bits per heavy atom. The van der Waals surface area contributed by atoms with E-state index in [0.29, 0.717) is 6.42 Å². The highest BCUT2D eigenvalue weighted by Crippen LogP contribution is 2.36. The van der Waals surface area contributed by atoms with Crippen molar-refractivity contribution in [3.8, 4) is 0 Å². The third-order valence-electron chi connectivity index (χ3n) is 3.11. The third-order valence-corrected chi connectivity index (χ3v) is 3.90. The van der Waals surface area contributed by atoms with Crippen LogP contribution >= 0.6 is 11.3 Å². The Bertz CT molecular complexity index is 762. The molecular weight excluding hydrogens is 284 g/mol. The van der Waals surface area contributed by atoms with Gasteiger partial charge in [-0.15, -0.1) is 11.3 Å². The summed E-state index contributed by atoms with van der Waals surface area (Å²) >= 11 is 1.57. The molecule has 0 radical (unpaired) electrons. The Morgan fingerprint density at radius 2 is 2.00 bits per heavy atom. The van der Waals surface area contributed by atoms with Crippen molar-refractivity contribution in [2.24, 2.45) is 0 Å². The van der Waals surface area contributed by atoms with Crippen molar-refractivity contribution in [2.45, 2.75) is 6.42 Å². The van der Waals surface area contributed by atoms with E-state index in [0.717, 1.165) is 15.8 Å². The second-order valence-electron chi connectivity index (χ2n) is 4.58. The van der Waals surface area contributed by atoms with Crippen LogP contribution in [0.5, 0.6) is 0 Å². The van der Waals surface area contributed by atoms with Crippen LogP contribution in [0.2, 0.25) is 0 Å². The molecule has 0 atom stereocenters. The molecule has 2 heterocycles. The van der Waals surface area contributed by atoms with Gasteiger partial charge in [-0.2, -0.15) is 0 Å². The fraction of sp³-hybridized carbons (Fsp3) is 0.125. The summed E-state index contributed by atoms with van der Waals surface area (Å²) in [6.45, 7) is 0. The third kappa shape index (κ3) is 3.38. The molecule has 1 aromatic heterocycles. The molecule has 0 fully saturated rings. The van der Waals surface area contributed by atoms with Crippen molar-refractivity contribution in [2.75, 3.05) is 12.4 Å². The lowest BCUT2D eigenvalue weighted by Crippen LogP contribution is -2.03. The number of aromatic nitrogens is 1. The number of methoxy groups -OCH3 is 1. The zero-order valence-corrected chi connectivity index (χ0v) is 12.3. The molecule has 0 saturated heterocycles. The number of para-hydroxylation sites is 2. The summed E-state index contributed by atoms with van der Waals surface area (Å²) in [4.78, 5) is 15.2. The number of carbonyl (C=O) groups is 1. The van der Waals surface area contributed by atoms with Gasteiger partial charge in [0.2, 0.25) is 0 Å². The maximum absolute atomic E-state index is 11.0. The lowest BCUT2D eigenvalue weighted by Gasteiger charge is -1.99. The monoisotopic (exact) mass is 298 g/mol. The van der Waals surface area contributed by atoms with Crippen molar-refractivity contribution in [3.05, 3.63) is 53.5 Å². The molecule has 21 heavy (non-hydrogen) atoms. The van der Waals surface area contributed by atoms with E-state index in [9.17, 15) is 4.79 Å². The van der Waals surface area contributed by atoms with E-state index in [-0.39, 0.29) is 5.97 Å². The second kappa shape index (κ2) is 5.93. The maximum Gasteiger partial charge on any atom is 0.309 e. The molecule has 2 aromatic carbocycles. The minimum atomic E-state index is -0.214. The van der Waals surface area contributed by atoms with Crippen molar-refractivity contribution in [3.63, 3.8) is 0 Å². The van der Waals surface area contributed by atoms with E-state index in [1.54, 1.807) is 16.8 Å². The molecule has 4 nitrogen and oxygen atoms in total. The van der Waals surface area contributed by atoms with E-state index < -0.39 is 0 Å². The standard InChI is InChI=1S/C10H9NO2S.C6H5N/c1-13-10(12)5-7-2-3-8-9(4-7)14-6-11-8;1-2-4-6-5(3-1)7-6/h2-4,6H,5H2,1H3;1-4,7H. The number of rotatable bonds is 2. The zero-order valence-electron chi connectivity index (χ0n) is 11.5. The van der Waals surface area contributed by atoms with Gasteiger partial charge in [0.25, 0.3) is 0 Å². The normalized spacial score (nSPS) is 10.9. The summed E-state index contributed by atoms with van der Waals surface area (Å²) < 4.78 is 5.70. The number of anilines is 2. The fourth-order valence-corrected chi connectivity index (χ4v) is 2.67. The largest absolute Gasteiger partial charge is 0.469 e. The first kappa shape index (κ1) is 13.6. The molecular formula is C16H14N2O2S. The van der Waals surface area contributed by atoms with E-state index in [1.165, 1.54) is 18.5 Å². The Morgan fingerprint density at radius 1 is 1.24 bits per heavy atom. The van der Waals surface area contributed by atoms with E-state index in [2.05, 4.69) is 27.2 Å². The molecule has 0 bridgehead atoms. The predicted molar refractivity (Wildman–Crippen MR) is 85.1 cm³/mol. The zero-order chi connectivity index (χ0) is 14.7. The van der Waals surface area contributed by atoms with Crippen molar-refractivity contribution >= 4 is 38.9 Å². The van der Waals surface area contributed by atoms with E-state index in [1.807, 2.05) is 30.3 Å². The smallest absolute Gasteiger partial charge is 0.309 e. The summed E-state index contributed by atoms with van der Waals surface area (Å²) in [6, 6.07) is 14.0. The first-order chi connectivity index (χ1) is 10.3. The van der Waals surface area contributed by atoms with Gasteiger partial charge >= 0.3 is 5.97 Å². The maximum atomic E-state index is 11.0. The number of ether oxygens (including phenoxy) is 1. The number of hydrogen-bond donors (Lipinski definition) is 1. The average molecular weight is 298 g/mol. The lowest BCUT2D eigenvalue weighted by molar-refractivity contribution is -0.139. The van der Waals surface area contributed by atoms with Crippen LogP contribution in [0.1, 0.15) is 5.56 Å². The highest BCUT2D eigenvalue weighted by molar-refractivity contribution is 7.16. The number of fused-ring (bicyclic) bond motifs is 2. The van der Waals surface area contributed by atoms with Crippen LogP contribution in [-0.2, 0) is 16.0 Å². The summed E-state index contributed by atoms with van der Waals surface area (Å²) in [5.74, 6) is -0.214. The van der Waals surface area contributed by atoms with Crippen LogP contribution < -0.4 is 5.32 Å². The molecule has 106 valence electrons. The van der Waals surface area contributed by atoms with Crippen LogP contribution in [0.4, 0.5) is 11.4 Å². The topological polar surface area (TPSA) is 61.1 Å². The van der Waals surface area contributed by atoms with Gasteiger partial charge in [-0.1, -0.05) is 18.2 Å². The molecule has 0 saturated carbocycles. The summed E-state index contributed by atoms with van der Waals surface area (Å²) in [5.41, 5.74) is 6.30. The lowest BCUT2D eigenvalue weighted by atomic mass is 10.1. The van der Waals surface area contributed by atoms with Crippen LogP contribution in [-0.4, -0.2) is 18.1 Å². The van der Waals surface area contributed by atoms with Crippen LogP contribution in [0.15, 0.2) is 48.0 Å². The SMILES string of the molecule is COC(=O)Cc1ccc2ncsc2c1.c1ccc2c(c1)N2. The van der Waals surface area contributed by atoms with Gasteiger partial charge in [-0.25, -0.2) is 4.98 Å². The number of benzene rings is 2. The number of thiazole rings is 1. The van der Waals surface area contributed by atoms with Gasteiger partial charge in [0.15, 0.2) is 0 Å². The van der Waals surface area contributed by atoms with E-state index >= 15 is 0 Å². The minimum Gasteiger partial charge on any atom is -0.469 e. The van der Waals surface area contributed by atoms with E-state index in [4.69, 9.17) is 0 Å². The molecule has 3 aromatic rings. The van der Waals surface area contributed by atoms with Gasteiger partial charge < -0.3 is 10.1 Å². The number of esters is 1. The van der Waals surface area contributed by atoms with Crippen molar-refractivity contribution in [1.29, 1.82) is 0 Å². The van der Waals surface area contributed by atoms with Crippen LogP contribution in [0, 0.1) is 0 Å². The quantitative estimate of drug-likeness (QED) is 0.452. The molecule has 1 aliphatic heterocycles. The first-order valence-corrected chi connectivity index (χ1v) is 7.39. The first-order valence-electron chi connectivity index (χ1n) is 6.51. The molecule has 0 spiro atoms. The molecule has 0 aliphatic carbocycles. The minimum absolute atomic E-state index is 0.214. The Hall–Kier alpha value is -2.40.